The maximum absolute atomic E-state index is 12.2. The van der Waals surface area contributed by atoms with Crippen LogP contribution in [0.25, 0.3) is 11.5 Å². The maximum Gasteiger partial charge on any atom is 0.227 e. The Bertz CT molecular complexity index is 789. The fourth-order valence-corrected chi connectivity index (χ4v) is 2.18. The minimum Gasteiger partial charge on any atom is -0.340 e. The Morgan fingerprint density at radius 2 is 1.92 bits per heavy atom. The highest BCUT2D eigenvalue weighted by Gasteiger charge is 2.14. The fourth-order valence-electron chi connectivity index (χ4n) is 2.18. The van der Waals surface area contributed by atoms with Crippen molar-refractivity contribution in [2.75, 3.05) is 7.05 Å². The molecule has 0 spiro atoms. The summed E-state index contributed by atoms with van der Waals surface area (Å²) in [5.74, 6) is 0.855. The summed E-state index contributed by atoms with van der Waals surface area (Å²) >= 11 is 0. The molecular weight excluding hydrogens is 306 g/mol. The molecule has 122 valence electrons. The number of nitrogens with zero attached hydrogens (tertiary/aromatic N) is 5. The molecule has 7 nitrogen and oxygen atoms in total. The standard InChI is InChI=1S/C17H17N5O2/c1-22(12-13-6-2-4-10-18-13)16(23)9-8-15-20-17(21-24-15)14-7-3-5-11-19-14/h2-7,10-11H,8-9,12H2,1H3. The third-order valence-electron chi connectivity index (χ3n) is 3.47. The van der Waals surface area contributed by atoms with Crippen molar-refractivity contribution in [3.05, 3.63) is 60.4 Å². The van der Waals surface area contributed by atoms with Crippen molar-refractivity contribution >= 4 is 5.91 Å². The van der Waals surface area contributed by atoms with Gasteiger partial charge in [-0.1, -0.05) is 17.3 Å². The molecule has 0 aliphatic heterocycles. The van der Waals surface area contributed by atoms with Crippen molar-refractivity contribution in [3.63, 3.8) is 0 Å². The predicted molar refractivity (Wildman–Crippen MR) is 86.6 cm³/mol. The summed E-state index contributed by atoms with van der Waals surface area (Å²) in [7, 11) is 1.75. The molecule has 0 bridgehead atoms. The van der Waals surface area contributed by atoms with Gasteiger partial charge >= 0.3 is 0 Å². The first-order valence-electron chi connectivity index (χ1n) is 7.60. The number of carbonyl (C=O) groups is 1. The number of hydrogen-bond donors (Lipinski definition) is 0. The van der Waals surface area contributed by atoms with E-state index in [0.29, 0.717) is 36.8 Å². The number of carbonyl (C=O) groups excluding carboxylic acids is 1. The zero-order valence-corrected chi connectivity index (χ0v) is 13.3. The van der Waals surface area contributed by atoms with E-state index in [4.69, 9.17) is 4.52 Å². The molecule has 0 saturated heterocycles. The second-order valence-corrected chi connectivity index (χ2v) is 5.30. The molecule has 3 aromatic heterocycles. The fraction of sp³-hybridized carbons (Fsp3) is 0.235. The highest BCUT2D eigenvalue weighted by Crippen LogP contribution is 2.13. The van der Waals surface area contributed by atoms with Gasteiger partial charge in [-0.2, -0.15) is 4.98 Å². The van der Waals surface area contributed by atoms with E-state index in [1.165, 1.54) is 0 Å². The third-order valence-corrected chi connectivity index (χ3v) is 3.47. The highest BCUT2D eigenvalue weighted by atomic mass is 16.5. The van der Waals surface area contributed by atoms with Crippen LogP contribution in [0.3, 0.4) is 0 Å². The van der Waals surface area contributed by atoms with E-state index in [1.54, 1.807) is 30.4 Å². The van der Waals surface area contributed by atoms with E-state index in [9.17, 15) is 4.79 Å². The summed E-state index contributed by atoms with van der Waals surface area (Å²) in [6.45, 7) is 0.475. The van der Waals surface area contributed by atoms with Gasteiger partial charge in [0.1, 0.15) is 5.69 Å². The van der Waals surface area contributed by atoms with E-state index in [2.05, 4.69) is 20.1 Å². The first kappa shape index (κ1) is 15.8. The van der Waals surface area contributed by atoms with Crippen molar-refractivity contribution in [2.45, 2.75) is 19.4 Å². The van der Waals surface area contributed by atoms with Crippen LogP contribution < -0.4 is 0 Å². The molecule has 0 aromatic carbocycles. The first-order valence-corrected chi connectivity index (χ1v) is 7.60. The maximum atomic E-state index is 12.2. The van der Waals surface area contributed by atoms with Crippen molar-refractivity contribution in [2.24, 2.45) is 0 Å². The van der Waals surface area contributed by atoms with Gasteiger partial charge in [0.2, 0.25) is 17.6 Å². The van der Waals surface area contributed by atoms with E-state index >= 15 is 0 Å². The Morgan fingerprint density at radius 1 is 1.12 bits per heavy atom. The summed E-state index contributed by atoms with van der Waals surface area (Å²) in [6, 6.07) is 11.1. The number of hydrogen-bond acceptors (Lipinski definition) is 6. The van der Waals surface area contributed by atoms with Crippen LogP contribution in [0.4, 0.5) is 0 Å². The van der Waals surface area contributed by atoms with Crippen LogP contribution in [-0.4, -0.2) is 38.0 Å². The first-order chi connectivity index (χ1) is 11.7. The topological polar surface area (TPSA) is 85.0 Å². The lowest BCUT2D eigenvalue weighted by atomic mass is 10.2. The molecule has 24 heavy (non-hydrogen) atoms. The lowest BCUT2D eigenvalue weighted by Gasteiger charge is -2.16. The molecule has 1 amide bonds. The summed E-state index contributed by atoms with van der Waals surface area (Å²) in [5, 5.41) is 3.89. The van der Waals surface area contributed by atoms with Crippen LogP contribution in [-0.2, 0) is 17.8 Å². The Morgan fingerprint density at radius 3 is 2.62 bits per heavy atom. The second-order valence-electron chi connectivity index (χ2n) is 5.30. The average molecular weight is 323 g/mol. The average Bonchev–Trinajstić information content (AvgIpc) is 3.10. The number of rotatable bonds is 6. The molecule has 7 heteroatoms. The number of aromatic nitrogens is 4. The van der Waals surface area contributed by atoms with Crippen molar-refractivity contribution in [3.8, 4) is 11.5 Å². The zero-order chi connectivity index (χ0) is 16.8. The summed E-state index contributed by atoms with van der Waals surface area (Å²) in [4.78, 5) is 26.5. The summed E-state index contributed by atoms with van der Waals surface area (Å²) in [5.41, 5.74) is 1.50. The second kappa shape index (κ2) is 7.45. The van der Waals surface area contributed by atoms with Crippen LogP contribution in [0.1, 0.15) is 18.0 Å². The molecule has 3 aromatic rings. The Balaban J connectivity index is 1.54. The van der Waals surface area contributed by atoms with Gasteiger partial charge in [-0.15, -0.1) is 0 Å². The zero-order valence-electron chi connectivity index (χ0n) is 13.3. The molecule has 0 unspecified atom stereocenters. The SMILES string of the molecule is CN(Cc1ccccn1)C(=O)CCc1nc(-c2ccccn2)no1. The number of amides is 1. The molecule has 0 radical (unpaired) electrons. The predicted octanol–water partition coefficient (Wildman–Crippen LogP) is 2.12. The minimum absolute atomic E-state index is 0.00163. The van der Waals surface area contributed by atoms with Crippen LogP contribution in [0, 0.1) is 0 Å². The van der Waals surface area contributed by atoms with Gasteiger partial charge in [-0.3, -0.25) is 14.8 Å². The lowest BCUT2D eigenvalue weighted by molar-refractivity contribution is -0.130. The minimum atomic E-state index is -0.00163. The lowest BCUT2D eigenvalue weighted by Crippen LogP contribution is -2.26. The van der Waals surface area contributed by atoms with E-state index in [0.717, 1.165) is 5.69 Å². The molecule has 0 atom stereocenters. The van der Waals surface area contributed by atoms with Gasteiger partial charge in [0.15, 0.2) is 0 Å². The molecular formula is C17H17N5O2. The number of aryl methyl sites for hydroxylation is 1. The van der Waals surface area contributed by atoms with Gasteiger partial charge < -0.3 is 9.42 Å². The van der Waals surface area contributed by atoms with Crippen LogP contribution in [0.15, 0.2) is 53.3 Å². The van der Waals surface area contributed by atoms with Crippen molar-refractivity contribution in [1.82, 2.24) is 25.0 Å². The Kier molecular flexibility index (Phi) is 4.90. The van der Waals surface area contributed by atoms with Crippen LogP contribution in [0.5, 0.6) is 0 Å². The van der Waals surface area contributed by atoms with Crippen molar-refractivity contribution < 1.29 is 9.32 Å². The molecule has 0 fully saturated rings. The van der Waals surface area contributed by atoms with E-state index in [-0.39, 0.29) is 5.91 Å². The monoisotopic (exact) mass is 323 g/mol. The smallest absolute Gasteiger partial charge is 0.227 e. The van der Waals surface area contributed by atoms with Gasteiger partial charge in [0.05, 0.1) is 12.2 Å². The molecule has 0 aliphatic carbocycles. The molecule has 3 heterocycles. The highest BCUT2D eigenvalue weighted by molar-refractivity contribution is 5.76. The number of pyridine rings is 2. The van der Waals surface area contributed by atoms with Gasteiger partial charge in [0, 0.05) is 32.3 Å². The summed E-state index contributed by atoms with van der Waals surface area (Å²) in [6.07, 6.45) is 4.07. The third kappa shape index (κ3) is 4.01. The van der Waals surface area contributed by atoms with E-state index in [1.807, 2.05) is 30.3 Å². The Labute approximate surface area is 139 Å². The van der Waals surface area contributed by atoms with Crippen LogP contribution >= 0.6 is 0 Å². The van der Waals surface area contributed by atoms with Gasteiger partial charge in [0.25, 0.3) is 0 Å². The van der Waals surface area contributed by atoms with Gasteiger partial charge in [-0.25, -0.2) is 0 Å². The van der Waals surface area contributed by atoms with E-state index < -0.39 is 0 Å². The largest absolute Gasteiger partial charge is 0.340 e. The Hall–Kier alpha value is -3.09. The molecule has 3 rings (SSSR count). The quantitative estimate of drug-likeness (QED) is 0.691. The summed E-state index contributed by atoms with van der Waals surface area (Å²) < 4.78 is 5.18. The van der Waals surface area contributed by atoms with Crippen molar-refractivity contribution in [1.29, 1.82) is 0 Å². The van der Waals surface area contributed by atoms with Gasteiger partial charge in [-0.05, 0) is 24.3 Å². The normalized spacial score (nSPS) is 10.5. The molecule has 0 N–H and O–H groups in total. The molecule has 0 saturated carbocycles. The molecule has 0 aliphatic rings. The van der Waals surface area contributed by atoms with Crippen LogP contribution in [0.2, 0.25) is 0 Å².